The first-order valence-electron chi connectivity index (χ1n) is 23.5. The molecule has 0 radical (unpaired) electrons. The van der Waals surface area contributed by atoms with Crippen molar-refractivity contribution in [2.75, 3.05) is 4.90 Å². The molecule has 0 unspecified atom stereocenters. The highest BCUT2D eigenvalue weighted by atomic mass is 16.3. The molecule has 0 saturated carbocycles. The highest BCUT2D eigenvalue weighted by Gasteiger charge is 2.56. The molecule has 0 aliphatic heterocycles. The van der Waals surface area contributed by atoms with Crippen molar-refractivity contribution in [3.8, 4) is 44.5 Å². The van der Waals surface area contributed by atoms with E-state index in [4.69, 9.17) is 4.42 Å². The van der Waals surface area contributed by atoms with Gasteiger partial charge in [-0.25, -0.2) is 0 Å². The molecule has 2 nitrogen and oxygen atoms in total. The zero-order valence-corrected chi connectivity index (χ0v) is 39.4. The molecule has 0 saturated heterocycles. The van der Waals surface area contributed by atoms with E-state index in [1.54, 1.807) is 0 Å². The van der Waals surface area contributed by atoms with Gasteiger partial charge in [-0.15, -0.1) is 0 Å². The number of hydrogen-bond donors (Lipinski definition) is 0. The molecule has 3 aliphatic rings. The Balaban J connectivity index is 1.03. The molecule has 9 aromatic rings. The molecule has 12 rings (SSSR count). The lowest BCUT2D eigenvalue weighted by atomic mass is 9.59. The normalized spacial score (nSPS) is 17.4. The van der Waals surface area contributed by atoms with E-state index in [1.165, 1.54) is 77.9 Å². The van der Waals surface area contributed by atoms with Crippen LogP contribution in [0.4, 0.5) is 17.1 Å². The highest BCUT2D eigenvalue weighted by Crippen LogP contribution is 2.62. The smallest absolute Gasteiger partial charge is 0.137 e. The van der Waals surface area contributed by atoms with E-state index in [9.17, 15) is 0 Å². The van der Waals surface area contributed by atoms with Crippen molar-refractivity contribution in [1.82, 2.24) is 0 Å². The van der Waals surface area contributed by atoms with Crippen LogP contribution in [0.3, 0.4) is 0 Å². The molecule has 0 amide bonds. The van der Waals surface area contributed by atoms with Crippen LogP contribution in [-0.4, -0.2) is 0 Å². The lowest BCUT2D eigenvalue weighted by Crippen LogP contribution is -2.42. The molecule has 0 N–H and O–H groups in total. The van der Waals surface area contributed by atoms with Gasteiger partial charge >= 0.3 is 0 Å². The summed E-state index contributed by atoms with van der Waals surface area (Å²) in [5.41, 5.74) is 23.7. The number of benzene rings is 8. The van der Waals surface area contributed by atoms with E-state index >= 15 is 0 Å². The summed E-state index contributed by atoms with van der Waals surface area (Å²) in [4.78, 5) is 2.41. The predicted molar refractivity (Wildman–Crippen MR) is 274 cm³/mol. The fourth-order valence-electron chi connectivity index (χ4n) is 12.4. The second-order valence-electron chi connectivity index (χ2n) is 21.8. The summed E-state index contributed by atoms with van der Waals surface area (Å²) in [6.07, 6.45) is 0. The number of anilines is 3. The number of nitrogens with zero attached hydrogens (tertiary/aromatic N) is 1. The van der Waals surface area contributed by atoms with Gasteiger partial charge in [-0.3, -0.25) is 0 Å². The first-order chi connectivity index (χ1) is 31.0. The van der Waals surface area contributed by atoms with Crippen molar-refractivity contribution in [2.45, 2.75) is 90.9 Å². The van der Waals surface area contributed by atoms with E-state index in [1.807, 2.05) is 6.07 Å². The molecule has 1 heterocycles. The zero-order chi connectivity index (χ0) is 45.0. The van der Waals surface area contributed by atoms with E-state index in [0.717, 1.165) is 39.0 Å². The van der Waals surface area contributed by atoms with Gasteiger partial charge in [0.05, 0.1) is 0 Å². The van der Waals surface area contributed by atoms with Gasteiger partial charge in [-0.05, 0) is 149 Å². The molecule has 0 atom stereocenters. The molecule has 3 aliphatic carbocycles. The number of para-hydroxylation sites is 1. The van der Waals surface area contributed by atoms with Crippen molar-refractivity contribution >= 4 is 39.0 Å². The van der Waals surface area contributed by atoms with Crippen molar-refractivity contribution in [3.63, 3.8) is 0 Å². The topological polar surface area (TPSA) is 16.4 Å². The minimum absolute atomic E-state index is 0.000617. The number of furan rings is 1. The van der Waals surface area contributed by atoms with E-state index in [2.05, 4.69) is 232 Å². The van der Waals surface area contributed by atoms with Crippen LogP contribution in [0.5, 0.6) is 0 Å². The molecule has 0 bridgehead atoms. The van der Waals surface area contributed by atoms with Gasteiger partial charge in [0.15, 0.2) is 0 Å². The maximum atomic E-state index is 6.51. The first kappa shape index (κ1) is 39.9. The molecule has 320 valence electrons. The molecule has 0 fully saturated rings. The van der Waals surface area contributed by atoms with Crippen LogP contribution in [0.25, 0.3) is 66.4 Å². The average molecular weight is 844 g/mol. The summed E-state index contributed by atoms with van der Waals surface area (Å²) < 4.78 is 6.51. The minimum Gasteiger partial charge on any atom is -0.456 e. The Morgan fingerprint density at radius 1 is 0.323 bits per heavy atom. The van der Waals surface area contributed by atoms with Crippen molar-refractivity contribution in [3.05, 3.63) is 197 Å². The molecule has 0 spiro atoms. The highest BCUT2D eigenvalue weighted by molar-refractivity contribution is 6.06. The number of hydrogen-bond acceptors (Lipinski definition) is 2. The molecule has 1 aromatic heterocycles. The summed E-state index contributed by atoms with van der Waals surface area (Å²) in [6.45, 7) is 24.2. The van der Waals surface area contributed by atoms with E-state index in [-0.39, 0.29) is 27.1 Å². The van der Waals surface area contributed by atoms with Gasteiger partial charge < -0.3 is 9.32 Å². The Bertz CT molecular complexity index is 3460. The zero-order valence-electron chi connectivity index (χ0n) is 39.4. The van der Waals surface area contributed by atoms with Gasteiger partial charge in [0.2, 0.25) is 0 Å². The number of rotatable bonds is 5. The first-order valence-corrected chi connectivity index (χ1v) is 23.5. The Hall–Kier alpha value is -6.64. The van der Waals surface area contributed by atoms with Crippen molar-refractivity contribution < 1.29 is 4.42 Å². The summed E-state index contributed by atoms with van der Waals surface area (Å²) >= 11 is 0. The van der Waals surface area contributed by atoms with Gasteiger partial charge in [-0.2, -0.15) is 0 Å². The Morgan fingerprint density at radius 2 is 0.846 bits per heavy atom. The van der Waals surface area contributed by atoms with Crippen LogP contribution in [-0.2, 0) is 21.7 Å². The summed E-state index contributed by atoms with van der Waals surface area (Å²) in [5, 5.41) is 2.26. The predicted octanol–water partition coefficient (Wildman–Crippen LogP) is 17.6. The maximum Gasteiger partial charge on any atom is 0.137 e. The average Bonchev–Trinajstić information content (AvgIpc) is 3.90. The van der Waals surface area contributed by atoms with Crippen LogP contribution in [0.2, 0.25) is 0 Å². The van der Waals surface area contributed by atoms with Crippen molar-refractivity contribution in [1.29, 1.82) is 0 Å². The Kier molecular flexibility index (Phi) is 8.12. The van der Waals surface area contributed by atoms with Gasteiger partial charge in [-0.1, -0.05) is 172 Å². The summed E-state index contributed by atoms with van der Waals surface area (Å²) in [7, 11) is 0. The summed E-state index contributed by atoms with van der Waals surface area (Å²) in [5.74, 6) is 0. The van der Waals surface area contributed by atoms with Crippen LogP contribution in [0.15, 0.2) is 168 Å². The van der Waals surface area contributed by atoms with Crippen LogP contribution in [0.1, 0.15) is 103 Å². The monoisotopic (exact) mass is 843 g/mol. The fraction of sp³-hybridized carbons (Fsp3) is 0.238. The molecular weight excluding hydrogens is 787 g/mol. The standard InChI is InChI=1S/C63H57NO/c1-59(2)51-20-14-11-17-43(51)45-30-28-41(34-54(45)59)64(42-29-31-47-46-19-13-16-22-57(46)65-58(47)35-42)40-26-23-38(24-27-40)49-37-55-50(44-18-12-15-21-52(44)60(55,3)4)36-48(49)39-25-32-53-56(33-39)62(7,8)63(9,10)61(53,5)6/h11-37H,1-10H3. The molecular formula is C63H57NO. The van der Waals surface area contributed by atoms with Gasteiger partial charge in [0.25, 0.3) is 0 Å². The molecule has 65 heavy (non-hydrogen) atoms. The molecule has 8 aromatic carbocycles. The largest absolute Gasteiger partial charge is 0.456 e. The minimum atomic E-state index is -0.129. The van der Waals surface area contributed by atoms with Crippen LogP contribution < -0.4 is 4.90 Å². The van der Waals surface area contributed by atoms with E-state index in [0.29, 0.717) is 0 Å². The third-order valence-corrected chi connectivity index (χ3v) is 17.4. The SMILES string of the molecule is CC1(C)c2ccccc2-c2ccc(N(c3ccc(-c4cc5c(cc4-c4ccc6c(c4)C(C)(C)C(C)(C)C6(C)C)-c4ccccc4C5(C)C)cc3)c3ccc4c(c3)oc3ccccc34)cc21. The van der Waals surface area contributed by atoms with Crippen molar-refractivity contribution in [2.24, 2.45) is 5.41 Å². The molecule has 2 heteroatoms. The maximum absolute atomic E-state index is 6.51. The third-order valence-electron chi connectivity index (χ3n) is 17.4. The lowest BCUT2D eigenvalue weighted by molar-refractivity contribution is 0.125. The quantitative estimate of drug-likeness (QED) is 0.172. The van der Waals surface area contributed by atoms with Gasteiger partial charge in [0.1, 0.15) is 11.2 Å². The summed E-state index contributed by atoms with van der Waals surface area (Å²) in [6, 6.07) is 61.7. The second kappa shape index (κ2) is 13.2. The Labute approximate surface area is 384 Å². The van der Waals surface area contributed by atoms with Gasteiger partial charge in [0, 0.05) is 44.7 Å². The van der Waals surface area contributed by atoms with Crippen LogP contribution >= 0.6 is 0 Å². The van der Waals surface area contributed by atoms with E-state index < -0.39 is 0 Å². The number of fused-ring (bicyclic) bond motifs is 10. The third kappa shape index (κ3) is 5.34. The fourth-order valence-corrected chi connectivity index (χ4v) is 12.4. The second-order valence-corrected chi connectivity index (χ2v) is 21.8. The van der Waals surface area contributed by atoms with Crippen LogP contribution in [0, 0.1) is 5.41 Å². The Morgan fingerprint density at radius 3 is 1.57 bits per heavy atom. The lowest BCUT2D eigenvalue weighted by Gasteiger charge is -2.44.